The minimum Gasteiger partial charge on any atom is -0.257 e. The van der Waals surface area contributed by atoms with Gasteiger partial charge in [0.15, 0.2) is 0 Å². The predicted molar refractivity (Wildman–Crippen MR) is 72.6 cm³/mol. The topological polar surface area (TPSA) is 63.2 Å². The van der Waals surface area contributed by atoms with Crippen molar-refractivity contribution in [1.82, 2.24) is 14.3 Å². The lowest BCUT2D eigenvalue weighted by molar-refractivity contribution is 0.372. The fourth-order valence-electron chi connectivity index (χ4n) is 2.32. The largest absolute Gasteiger partial charge is 0.257 e. The summed E-state index contributed by atoms with van der Waals surface area (Å²) in [6.07, 6.45) is 8.13. The fourth-order valence-corrected chi connectivity index (χ4v) is 3.73. The number of sulfonamides is 1. The first-order chi connectivity index (χ1) is 8.47. The predicted octanol–water partition coefficient (Wildman–Crippen LogP) is 1.60. The van der Waals surface area contributed by atoms with Gasteiger partial charge in [-0.25, -0.2) is 13.4 Å². The van der Waals surface area contributed by atoms with Crippen LogP contribution >= 0.6 is 15.9 Å². The molecule has 0 aromatic carbocycles. The summed E-state index contributed by atoms with van der Waals surface area (Å²) in [6.45, 7) is 0.648. The molecule has 1 aromatic heterocycles. The third kappa shape index (κ3) is 3.49. The number of hydrogen-bond donors (Lipinski definition) is 0. The van der Waals surface area contributed by atoms with Crippen LogP contribution in [0.25, 0.3) is 0 Å². The fraction of sp³-hybridized carbons (Fsp3) is 0.636. The van der Waals surface area contributed by atoms with E-state index in [9.17, 15) is 8.42 Å². The van der Waals surface area contributed by atoms with Crippen molar-refractivity contribution in [1.29, 1.82) is 0 Å². The first-order valence-corrected chi connectivity index (χ1v) is 8.54. The Morgan fingerprint density at radius 3 is 2.83 bits per heavy atom. The van der Waals surface area contributed by atoms with E-state index in [0.717, 1.165) is 31.4 Å². The molecule has 2 rings (SSSR count). The second-order valence-corrected chi connectivity index (χ2v) is 7.29. The first kappa shape index (κ1) is 13.9. The molecular weight excluding hydrogens is 318 g/mol. The molecule has 7 heteroatoms. The Kier molecular flexibility index (Phi) is 4.34. The summed E-state index contributed by atoms with van der Waals surface area (Å²) < 4.78 is 25.5. The zero-order valence-corrected chi connectivity index (χ0v) is 12.6. The van der Waals surface area contributed by atoms with Crippen LogP contribution < -0.4 is 0 Å². The van der Waals surface area contributed by atoms with Gasteiger partial charge in [0.1, 0.15) is 4.60 Å². The Labute approximate surface area is 116 Å². The molecule has 5 nitrogen and oxygen atoms in total. The van der Waals surface area contributed by atoms with Gasteiger partial charge in [-0.15, -0.1) is 0 Å². The second-order valence-electron chi connectivity index (χ2n) is 4.54. The van der Waals surface area contributed by atoms with Gasteiger partial charge in [0.25, 0.3) is 0 Å². The van der Waals surface area contributed by atoms with Crippen molar-refractivity contribution in [2.24, 2.45) is 0 Å². The van der Waals surface area contributed by atoms with E-state index in [1.807, 2.05) is 0 Å². The van der Waals surface area contributed by atoms with Crippen molar-refractivity contribution in [2.45, 2.75) is 31.7 Å². The molecule has 0 unspecified atom stereocenters. The van der Waals surface area contributed by atoms with Gasteiger partial charge in [0.05, 0.1) is 18.1 Å². The van der Waals surface area contributed by atoms with Gasteiger partial charge in [-0.3, -0.25) is 4.98 Å². The van der Waals surface area contributed by atoms with Gasteiger partial charge in [0, 0.05) is 18.8 Å². The molecule has 1 aliphatic heterocycles. The maximum absolute atomic E-state index is 11.6. The summed E-state index contributed by atoms with van der Waals surface area (Å²) in [7, 11) is -3.07. The lowest BCUT2D eigenvalue weighted by atomic mass is 10.1. The Hall–Kier alpha value is -0.530. The molecule has 0 saturated carbocycles. The van der Waals surface area contributed by atoms with Gasteiger partial charge >= 0.3 is 0 Å². The van der Waals surface area contributed by atoms with E-state index >= 15 is 0 Å². The van der Waals surface area contributed by atoms with E-state index in [4.69, 9.17) is 0 Å². The number of halogens is 1. The molecule has 1 aromatic rings. The van der Waals surface area contributed by atoms with Crippen LogP contribution in [0.1, 0.15) is 25.0 Å². The van der Waals surface area contributed by atoms with Crippen LogP contribution in [-0.2, 0) is 16.4 Å². The molecule has 0 bridgehead atoms. The maximum atomic E-state index is 11.6. The molecule has 0 spiro atoms. The van der Waals surface area contributed by atoms with Crippen LogP contribution in [-0.4, -0.2) is 41.5 Å². The van der Waals surface area contributed by atoms with Gasteiger partial charge in [-0.2, -0.15) is 4.31 Å². The van der Waals surface area contributed by atoms with Crippen molar-refractivity contribution < 1.29 is 8.42 Å². The SMILES string of the molecule is CS(=O)(=O)N1CCC[C@H]1CCc1cnc(Br)cn1. The van der Waals surface area contributed by atoms with Gasteiger partial charge in [-0.1, -0.05) is 0 Å². The molecule has 18 heavy (non-hydrogen) atoms. The van der Waals surface area contributed by atoms with Crippen molar-refractivity contribution in [3.05, 3.63) is 22.7 Å². The van der Waals surface area contributed by atoms with E-state index in [1.54, 1.807) is 16.7 Å². The van der Waals surface area contributed by atoms with E-state index in [2.05, 4.69) is 25.9 Å². The summed E-state index contributed by atoms with van der Waals surface area (Å²) in [5.74, 6) is 0. The molecule has 1 fully saturated rings. The zero-order chi connectivity index (χ0) is 13.2. The second kappa shape index (κ2) is 5.63. The lowest BCUT2D eigenvalue weighted by Gasteiger charge is -2.21. The highest BCUT2D eigenvalue weighted by molar-refractivity contribution is 9.10. The maximum Gasteiger partial charge on any atom is 0.211 e. The highest BCUT2D eigenvalue weighted by Gasteiger charge is 2.30. The summed E-state index contributed by atoms with van der Waals surface area (Å²) in [6, 6.07) is 0.116. The van der Waals surface area contributed by atoms with Crippen molar-refractivity contribution in [3.63, 3.8) is 0 Å². The van der Waals surface area contributed by atoms with Gasteiger partial charge in [0.2, 0.25) is 10.0 Å². The number of aryl methyl sites for hydroxylation is 1. The molecule has 100 valence electrons. The Balaban J connectivity index is 1.96. The standard InChI is InChI=1S/C11H16BrN3O2S/c1-18(16,17)15-6-2-3-10(15)5-4-9-7-14-11(12)8-13-9/h7-8,10H,2-6H2,1H3/t10-/m0/s1. The third-order valence-corrected chi connectivity index (χ3v) is 4.90. The van der Waals surface area contributed by atoms with E-state index < -0.39 is 10.0 Å². The minimum atomic E-state index is -3.07. The van der Waals surface area contributed by atoms with Crippen LogP contribution in [0.3, 0.4) is 0 Å². The third-order valence-electron chi connectivity index (χ3n) is 3.16. The molecule has 0 amide bonds. The average molecular weight is 334 g/mol. The zero-order valence-electron chi connectivity index (χ0n) is 10.2. The highest BCUT2D eigenvalue weighted by atomic mass is 79.9. The van der Waals surface area contributed by atoms with Gasteiger partial charge in [-0.05, 0) is 41.6 Å². The average Bonchev–Trinajstić information content (AvgIpc) is 2.76. The number of nitrogens with zero attached hydrogens (tertiary/aromatic N) is 3. The smallest absolute Gasteiger partial charge is 0.211 e. The van der Waals surface area contributed by atoms with Crippen LogP contribution in [0.5, 0.6) is 0 Å². The molecule has 1 aliphatic rings. The van der Waals surface area contributed by atoms with Crippen LogP contribution in [0, 0.1) is 0 Å². The monoisotopic (exact) mass is 333 g/mol. The first-order valence-electron chi connectivity index (χ1n) is 5.90. The van der Waals surface area contributed by atoms with Gasteiger partial charge < -0.3 is 0 Å². The molecule has 0 N–H and O–H groups in total. The summed E-state index contributed by atoms with van der Waals surface area (Å²) in [4.78, 5) is 8.36. The van der Waals surface area contributed by atoms with Crippen LogP contribution in [0.2, 0.25) is 0 Å². The summed E-state index contributed by atoms with van der Waals surface area (Å²) >= 11 is 3.24. The van der Waals surface area contributed by atoms with E-state index in [-0.39, 0.29) is 6.04 Å². The quantitative estimate of drug-likeness (QED) is 0.839. The molecular formula is C11H16BrN3O2S. The Morgan fingerprint density at radius 2 is 2.22 bits per heavy atom. The van der Waals surface area contributed by atoms with Crippen LogP contribution in [0.15, 0.2) is 17.0 Å². The Morgan fingerprint density at radius 1 is 1.44 bits per heavy atom. The number of rotatable bonds is 4. The summed E-state index contributed by atoms with van der Waals surface area (Å²) in [5.41, 5.74) is 0.901. The van der Waals surface area contributed by atoms with Crippen molar-refractivity contribution in [2.75, 3.05) is 12.8 Å². The normalized spacial score (nSPS) is 21.3. The van der Waals surface area contributed by atoms with Crippen molar-refractivity contribution in [3.8, 4) is 0 Å². The number of hydrogen-bond acceptors (Lipinski definition) is 4. The highest BCUT2D eigenvalue weighted by Crippen LogP contribution is 2.23. The molecule has 0 radical (unpaired) electrons. The minimum absolute atomic E-state index is 0.116. The van der Waals surface area contributed by atoms with E-state index in [1.165, 1.54) is 6.26 Å². The van der Waals surface area contributed by atoms with Crippen molar-refractivity contribution >= 4 is 26.0 Å². The molecule has 2 heterocycles. The number of aromatic nitrogens is 2. The van der Waals surface area contributed by atoms with E-state index in [0.29, 0.717) is 11.1 Å². The molecule has 1 saturated heterocycles. The van der Waals surface area contributed by atoms with Crippen LogP contribution in [0.4, 0.5) is 0 Å². The Bertz CT molecular complexity index is 504. The summed E-state index contributed by atoms with van der Waals surface area (Å²) in [5, 5.41) is 0. The molecule has 1 atom stereocenters. The lowest BCUT2D eigenvalue weighted by Crippen LogP contribution is -2.34. The molecule has 0 aliphatic carbocycles.